The van der Waals surface area contributed by atoms with E-state index in [1.54, 1.807) is 0 Å². The Morgan fingerprint density at radius 1 is 0.483 bits per heavy atom. The van der Waals surface area contributed by atoms with Crippen LogP contribution in [0.5, 0.6) is 0 Å². The molecule has 10 aromatic rings. The van der Waals surface area contributed by atoms with Crippen LogP contribution in [0, 0.1) is 41.5 Å². The van der Waals surface area contributed by atoms with E-state index in [1.165, 1.54) is 111 Å². The van der Waals surface area contributed by atoms with E-state index in [1.807, 2.05) is 0 Å². The van der Waals surface area contributed by atoms with Crippen LogP contribution in [0.3, 0.4) is 0 Å². The predicted molar refractivity (Wildman–Crippen MR) is 247 cm³/mol. The maximum absolute atomic E-state index is 6.98. The van der Waals surface area contributed by atoms with Crippen LogP contribution < -0.4 is 15.8 Å². The van der Waals surface area contributed by atoms with E-state index in [9.17, 15) is 0 Å². The molecular formula is C54H41BN2O. The van der Waals surface area contributed by atoms with Crippen molar-refractivity contribution in [2.45, 2.75) is 41.5 Å². The second-order valence-corrected chi connectivity index (χ2v) is 16.9. The van der Waals surface area contributed by atoms with Gasteiger partial charge in [0.15, 0.2) is 0 Å². The molecular weight excluding hydrogens is 703 g/mol. The number of para-hydroxylation sites is 3. The Labute approximate surface area is 338 Å². The van der Waals surface area contributed by atoms with Gasteiger partial charge < -0.3 is 13.8 Å². The monoisotopic (exact) mass is 744 g/mol. The van der Waals surface area contributed by atoms with Gasteiger partial charge in [0.25, 0.3) is 0 Å². The summed E-state index contributed by atoms with van der Waals surface area (Å²) in [5, 5.41) is 4.83. The molecule has 3 nitrogen and oxygen atoms in total. The van der Waals surface area contributed by atoms with Crippen LogP contribution >= 0.6 is 0 Å². The Balaban J connectivity index is 1.21. The molecule has 2 aromatic heterocycles. The molecule has 2 aliphatic rings. The number of benzene rings is 8. The number of aromatic nitrogens is 1. The lowest BCUT2D eigenvalue weighted by Gasteiger charge is -2.40. The summed E-state index contributed by atoms with van der Waals surface area (Å²) in [7, 11) is 0. The van der Waals surface area contributed by atoms with E-state index in [-0.39, 0.29) is 6.85 Å². The third-order valence-electron chi connectivity index (χ3n) is 13.1. The largest absolute Gasteiger partial charge is 0.455 e. The molecule has 0 bridgehead atoms. The fraction of sp³-hybridized carbons (Fsp3) is 0.111. The van der Waals surface area contributed by atoms with Crippen LogP contribution in [-0.4, -0.2) is 11.3 Å². The number of hydrogen-bond acceptors (Lipinski definition) is 2. The van der Waals surface area contributed by atoms with Gasteiger partial charge in [-0.15, -0.1) is 0 Å². The van der Waals surface area contributed by atoms with Crippen molar-refractivity contribution in [1.29, 1.82) is 0 Å². The summed E-state index contributed by atoms with van der Waals surface area (Å²) in [6.45, 7) is 13.3. The van der Waals surface area contributed by atoms with Gasteiger partial charge in [-0.25, -0.2) is 0 Å². The lowest BCUT2D eigenvalue weighted by molar-refractivity contribution is 0.670. The Bertz CT molecular complexity index is 3370. The van der Waals surface area contributed by atoms with Gasteiger partial charge in [0.1, 0.15) is 11.2 Å². The number of anilines is 3. The van der Waals surface area contributed by atoms with Crippen molar-refractivity contribution >= 4 is 78.6 Å². The highest BCUT2D eigenvalue weighted by atomic mass is 16.3. The SMILES string of the molecule is Cc1cc(C)c(-c2ccc(N3c4ccc(-c5c(C)cc(C)cc5C)cc4B4c5c3cc3c(oc6ccccc63)c5-c3cccc5c6ccccc6n4c35)cc2)c(C)c1. The van der Waals surface area contributed by atoms with E-state index in [0.29, 0.717) is 0 Å². The number of hydrogen-bond donors (Lipinski definition) is 0. The van der Waals surface area contributed by atoms with Gasteiger partial charge in [-0.2, -0.15) is 0 Å². The maximum Gasteiger partial charge on any atom is 0.333 e. The molecule has 0 fully saturated rings. The second kappa shape index (κ2) is 11.9. The second-order valence-electron chi connectivity index (χ2n) is 16.9. The van der Waals surface area contributed by atoms with Crippen LogP contribution in [0.1, 0.15) is 33.4 Å². The zero-order valence-corrected chi connectivity index (χ0v) is 33.7. The van der Waals surface area contributed by atoms with Gasteiger partial charge in [-0.1, -0.05) is 114 Å². The summed E-state index contributed by atoms with van der Waals surface area (Å²) in [5.41, 5.74) is 25.8. The van der Waals surface area contributed by atoms with Crippen molar-refractivity contribution in [2.24, 2.45) is 0 Å². The Kier molecular flexibility index (Phi) is 6.83. The molecule has 276 valence electrons. The molecule has 0 atom stereocenters. The molecule has 0 N–H and O–H groups in total. The molecule has 2 aliphatic heterocycles. The fourth-order valence-electron chi connectivity index (χ4n) is 11.1. The standard InChI is InChI=1S/C54H41BN2O/c1-30-24-32(3)49(33(4)25-30)36-18-21-38(22-19-36)56-46-23-20-37(50-34(5)26-31(2)27-35(50)6)28-44(46)55-52-47(56)29-43-40-13-8-10-17-48(40)58-54(43)51(52)42-15-11-14-41-39-12-7-9-16-45(39)57(55)53(41)42/h7-29H,1-6H3. The Morgan fingerprint density at radius 3 is 1.83 bits per heavy atom. The topological polar surface area (TPSA) is 21.3 Å². The molecule has 4 heteroatoms. The van der Waals surface area contributed by atoms with Crippen molar-refractivity contribution in [3.05, 3.63) is 173 Å². The van der Waals surface area contributed by atoms with Crippen molar-refractivity contribution in [2.75, 3.05) is 4.90 Å². The number of rotatable bonds is 3. The predicted octanol–water partition coefficient (Wildman–Crippen LogP) is 13.3. The fourth-order valence-corrected chi connectivity index (χ4v) is 11.1. The van der Waals surface area contributed by atoms with E-state index < -0.39 is 0 Å². The number of nitrogens with zero attached hydrogens (tertiary/aromatic N) is 2. The number of aryl methyl sites for hydroxylation is 6. The molecule has 0 spiro atoms. The first-order valence-corrected chi connectivity index (χ1v) is 20.5. The molecule has 0 saturated heterocycles. The molecule has 58 heavy (non-hydrogen) atoms. The number of furan rings is 1. The summed E-state index contributed by atoms with van der Waals surface area (Å²) >= 11 is 0. The van der Waals surface area contributed by atoms with E-state index in [2.05, 4.69) is 190 Å². The Hall–Kier alpha value is -6.78. The first-order chi connectivity index (χ1) is 28.2. The van der Waals surface area contributed by atoms with Gasteiger partial charge in [-0.3, -0.25) is 0 Å². The van der Waals surface area contributed by atoms with Crippen LogP contribution in [-0.2, 0) is 0 Å². The first kappa shape index (κ1) is 33.4. The zero-order chi connectivity index (χ0) is 39.1. The van der Waals surface area contributed by atoms with Crippen LogP contribution in [0.4, 0.5) is 17.1 Å². The minimum absolute atomic E-state index is 0.0886. The van der Waals surface area contributed by atoms with E-state index >= 15 is 0 Å². The van der Waals surface area contributed by atoms with Crippen LogP contribution in [0.2, 0.25) is 0 Å². The van der Waals surface area contributed by atoms with Gasteiger partial charge in [0, 0.05) is 60.8 Å². The lowest BCUT2D eigenvalue weighted by atomic mass is 9.44. The molecule has 4 heterocycles. The van der Waals surface area contributed by atoms with E-state index in [4.69, 9.17) is 4.42 Å². The van der Waals surface area contributed by atoms with Crippen molar-refractivity contribution in [1.82, 2.24) is 4.48 Å². The van der Waals surface area contributed by atoms with Gasteiger partial charge >= 0.3 is 6.85 Å². The maximum atomic E-state index is 6.98. The third-order valence-corrected chi connectivity index (χ3v) is 13.1. The van der Waals surface area contributed by atoms with Crippen LogP contribution in [0.15, 0.2) is 144 Å². The third kappa shape index (κ3) is 4.46. The summed E-state index contributed by atoms with van der Waals surface area (Å²) in [5.74, 6) is 0. The molecule has 0 unspecified atom stereocenters. The quantitative estimate of drug-likeness (QED) is 0.168. The highest BCUT2D eigenvalue weighted by Crippen LogP contribution is 2.49. The average Bonchev–Trinajstić information content (AvgIpc) is 3.75. The minimum atomic E-state index is -0.0886. The summed E-state index contributed by atoms with van der Waals surface area (Å²) in [4.78, 5) is 2.53. The van der Waals surface area contributed by atoms with Gasteiger partial charge in [0.2, 0.25) is 0 Å². The summed E-state index contributed by atoms with van der Waals surface area (Å²) in [6, 6.07) is 52.5. The minimum Gasteiger partial charge on any atom is -0.455 e. The molecule has 12 rings (SSSR count). The summed E-state index contributed by atoms with van der Waals surface area (Å²) in [6.07, 6.45) is 0. The zero-order valence-electron chi connectivity index (χ0n) is 33.7. The molecule has 0 aliphatic carbocycles. The van der Waals surface area contributed by atoms with Gasteiger partial charge in [0.05, 0.1) is 0 Å². The first-order valence-electron chi connectivity index (χ1n) is 20.5. The van der Waals surface area contributed by atoms with Crippen LogP contribution in [0.25, 0.3) is 77.1 Å². The molecule has 0 amide bonds. The van der Waals surface area contributed by atoms with Crippen molar-refractivity contribution < 1.29 is 4.42 Å². The highest BCUT2D eigenvalue weighted by Gasteiger charge is 2.44. The molecule has 8 aromatic carbocycles. The highest BCUT2D eigenvalue weighted by molar-refractivity contribution is 6.90. The average molecular weight is 745 g/mol. The smallest absolute Gasteiger partial charge is 0.333 e. The van der Waals surface area contributed by atoms with Crippen molar-refractivity contribution in [3.8, 4) is 33.4 Å². The lowest BCUT2D eigenvalue weighted by Crippen LogP contribution is -2.56. The Morgan fingerprint density at radius 2 is 1.10 bits per heavy atom. The molecule has 0 radical (unpaired) electrons. The van der Waals surface area contributed by atoms with E-state index in [0.717, 1.165) is 27.6 Å². The normalized spacial score (nSPS) is 12.9. The summed E-state index contributed by atoms with van der Waals surface area (Å²) < 4.78 is 9.62. The number of fused-ring (bicyclic) bond motifs is 11. The molecule has 0 saturated carbocycles. The van der Waals surface area contributed by atoms with Crippen molar-refractivity contribution in [3.63, 3.8) is 0 Å². The van der Waals surface area contributed by atoms with Gasteiger partial charge in [-0.05, 0) is 133 Å².